The zero-order chi connectivity index (χ0) is 64.0. The Labute approximate surface area is 530 Å². The highest BCUT2D eigenvalue weighted by atomic mass is 16.8. The van der Waals surface area contributed by atoms with Gasteiger partial charge in [0.2, 0.25) is 5.91 Å². The molecule has 3 saturated heterocycles. The Morgan fingerprint density at radius 1 is 0.398 bits per heavy atom. The number of hydrogen-bond acceptors (Lipinski definition) is 18. The summed E-state index contributed by atoms with van der Waals surface area (Å²) in [6.45, 7) is 1.74. The van der Waals surface area contributed by atoms with Crippen LogP contribution in [0.15, 0.2) is 36.5 Å². The van der Waals surface area contributed by atoms with Crippen LogP contribution in [0.3, 0.4) is 0 Å². The van der Waals surface area contributed by atoms with Crippen LogP contribution in [-0.2, 0) is 33.2 Å². The van der Waals surface area contributed by atoms with E-state index in [9.17, 15) is 61.0 Å². The summed E-state index contributed by atoms with van der Waals surface area (Å²) in [5.74, 6) is -0.285. The van der Waals surface area contributed by atoms with Gasteiger partial charge in [-0.1, -0.05) is 249 Å². The highest BCUT2D eigenvalue weighted by Gasteiger charge is 2.53. The van der Waals surface area contributed by atoms with Crippen molar-refractivity contribution in [2.45, 2.75) is 369 Å². The molecule has 19 nitrogen and oxygen atoms in total. The van der Waals surface area contributed by atoms with Gasteiger partial charge in [-0.25, -0.2) is 0 Å². The molecule has 0 radical (unpaired) electrons. The molecule has 0 aromatic carbocycles. The average molecular weight is 1260 g/mol. The molecule has 0 aliphatic carbocycles. The lowest BCUT2D eigenvalue weighted by Crippen LogP contribution is -2.66. The van der Waals surface area contributed by atoms with Crippen molar-refractivity contribution in [2.24, 2.45) is 0 Å². The number of allylic oxidation sites excluding steroid dienone is 5. The normalized spacial score (nSPS) is 28.6. The number of carbonyl (C=O) groups is 1. The summed E-state index contributed by atoms with van der Waals surface area (Å²) < 4.78 is 34.3. The summed E-state index contributed by atoms with van der Waals surface area (Å²) in [6.07, 6.45) is 32.6. The van der Waals surface area contributed by atoms with Crippen molar-refractivity contribution < 1.29 is 89.4 Å². The molecule has 3 aliphatic rings. The maximum atomic E-state index is 13.4. The van der Waals surface area contributed by atoms with Crippen molar-refractivity contribution in [3.63, 3.8) is 0 Å². The maximum absolute atomic E-state index is 13.4. The van der Waals surface area contributed by atoms with Crippen LogP contribution in [0.5, 0.6) is 0 Å². The molecule has 0 spiro atoms. The van der Waals surface area contributed by atoms with E-state index < -0.39 is 124 Å². The number of unbranched alkanes of at least 4 members (excludes halogenated alkanes) is 34. The van der Waals surface area contributed by atoms with E-state index in [0.717, 1.165) is 44.9 Å². The third-order valence-corrected chi connectivity index (χ3v) is 17.7. The van der Waals surface area contributed by atoms with Gasteiger partial charge >= 0.3 is 0 Å². The zero-order valence-electron chi connectivity index (χ0n) is 54.5. The molecular formula is C69H127NO18. The number of hydrogen-bond donors (Lipinski definition) is 12. The van der Waals surface area contributed by atoms with Gasteiger partial charge < -0.3 is 89.9 Å². The standard InChI is InChI=1S/C69H127NO18/c1-3-5-7-9-11-13-15-17-19-21-23-25-27-29-31-33-35-37-39-41-43-45-47-57(75)70-52(53(74)46-44-42-40-38-36-34-32-30-28-26-24-22-20-18-16-14-12-10-8-6-4-2)51-83-67-63(81)60(78)65(55(49-72)85-67)88-69-64(82)61(79)66(56(50-73)86-69)87-68-62(80)59(77)58(76)54(48-71)84-68/h28,30,36,38,44,46,52-56,58-69,71-74,76-82H,3-27,29,31-35,37,39-43,45,47-51H2,1-2H3,(H,70,75)/b30-28+,38-36+,46-44+. The van der Waals surface area contributed by atoms with Crippen molar-refractivity contribution in [1.29, 1.82) is 0 Å². The summed E-state index contributed by atoms with van der Waals surface area (Å²) >= 11 is 0. The Balaban J connectivity index is 1.46. The van der Waals surface area contributed by atoms with Crippen LogP contribution < -0.4 is 5.32 Å². The molecule has 3 rings (SSSR count). The van der Waals surface area contributed by atoms with Crippen molar-refractivity contribution in [3.05, 3.63) is 36.5 Å². The first-order chi connectivity index (χ1) is 42.8. The number of ether oxygens (including phenoxy) is 6. The molecule has 1 amide bonds. The third-order valence-electron chi connectivity index (χ3n) is 17.7. The molecule has 17 atom stereocenters. The van der Waals surface area contributed by atoms with Crippen LogP contribution in [-0.4, -0.2) is 193 Å². The highest BCUT2D eigenvalue weighted by molar-refractivity contribution is 5.76. The van der Waals surface area contributed by atoms with Gasteiger partial charge in [0.25, 0.3) is 0 Å². The molecule has 12 N–H and O–H groups in total. The summed E-state index contributed by atoms with van der Waals surface area (Å²) in [5, 5.41) is 120. The molecule has 0 aromatic rings. The summed E-state index contributed by atoms with van der Waals surface area (Å²) in [4.78, 5) is 13.4. The second-order valence-electron chi connectivity index (χ2n) is 25.3. The van der Waals surface area contributed by atoms with Crippen molar-refractivity contribution >= 4 is 5.91 Å². The van der Waals surface area contributed by atoms with Gasteiger partial charge in [0.05, 0.1) is 38.6 Å². The fourth-order valence-corrected chi connectivity index (χ4v) is 11.9. The number of nitrogens with one attached hydrogen (secondary N) is 1. The van der Waals surface area contributed by atoms with Gasteiger partial charge in [0, 0.05) is 6.42 Å². The zero-order valence-corrected chi connectivity index (χ0v) is 54.5. The number of aliphatic hydroxyl groups excluding tert-OH is 11. The van der Waals surface area contributed by atoms with Crippen LogP contribution in [0.1, 0.15) is 264 Å². The van der Waals surface area contributed by atoms with E-state index in [1.807, 2.05) is 6.08 Å². The van der Waals surface area contributed by atoms with Crippen LogP contribution in [0, 0.1) is 0 Å². The lowest BCUT2D eigenvalue weighted by Gasteiger charge is -2.48. The number of aliphatic hydroxyl groups is 11. The topological polar surface area (TPSA) is 307 Å². The van der Waals surface area contributed by atoms with E-state index in [1.54, 1.807) is 6.08 Å². The van der Waals surface area contributed by atoms with Crippen molar-refractivity contribution in [2.75, 3.05) is 26.4 Å². The lowest BCUT2D eigenvalue weighted by molar-refractivity contribution is -0.379. The Kier molecular flexibility index (Phi) is 46.9. The van der Waals surface area contributed by atoms with Gasteiger partial charge in [-0.2, -0.15) is 0 Å². The Morgan fingerprint density at radius 3 is 1.14 bits per heavy atom. The first kappa shape index (κ1) is 80.2. The Morgan fingerprint density at radius 2 is 0.727 bits per heavy atom. The van der Waals surface area contributed by atoms with E-state index in [1.165, 1.54) is 186 Å². The molecule has 3 aliphatic heterocycles. The van der Waals surface area contributed by atoms with Gasteiger partial charge in [-0.3, -0.25) is 4.79 Å². The second-order valence-corrected chi connectivity index (χ2v) is 25.3. The second kappa shape index (κ2) is 51.4. The van der Waals surface area contributed by atoms with Crippen LogP contribution in [0.2, 0.25) is 0 Å². The lowest BCUT2D eigenvalue weighted by atomic mass is 9.96. The first-order valence-electron chi connectivity index (χ1n) is 35.2. The van der Waals surface area contributed by atoms with Gasteiger partial charge in [-0.15, -0.1) is 0 Å². The first-order valence-corrected chi connectivity index (χ1v) is 35.2. The number of carbonyl (C=O) groups excluding carboxylic acids is 1. The van der Waals surface area contributed by atoms with E-state index in [4.69, 9.17) is 28.4 Å². The molecular weight excluding hydrogens is 1130 g/mol. The molecule has 0 saturated carbocycles. The smallest absolute Gasteiger partial charge is 0.220 e. The summed E-state index contributed by atoms with van der Waals surface area (Å²) in [6, 6.07) is -0.994. The summed E-state index contributed by atoms with van der Waals surface area (Å²) in [7, 11) is 0. The number of amides is 1. The molecule has 0 aromatic heterocycles. The predicted molar refractivity (Wildman–Crippen MR) is 342 cm³/mol. The minimum atomic E-state index is -1.98. The molecule has 0 bridgehead atoms. The van der Waals surface area contributed by atoms with E-state index in [-0.39, 0.29) is 18.9 Å². The van der Waals surface area contributed by atoms with Crippen LogP contribution in [0.25, 0.3) is 0 Å². The molecule has 17 unspecified atom stereocenters. The van der Waals surface area contributed by atoms with Crippen molar-refractivity contribution in [1.82, 2.24) is 5.32 Å². The van der Waals surface area contributed by atoms with Crippen molar-refractivity contribution in [3.8, 4) is 0 Å². The van der Waals surface area contributed by atoms with Gasteiger partial charge in [0.15, 0.2) is 18.9 Å². The average Bonchev–Trinajstić information content (AvgIpc) is 2.37. The highest BCUT2D eigenvalue weighted by Crippen LogP contribution is 2.33. The number of rotatable bonds is 54. The Bertz CT molecular complexity index is 1740. The Hall–Kier alpha value is -1.99. The fourth-order valence-electron chi connectivity index (χ4n) is 11.9. The van der Waals surface area contributed by atoms with E-state index in [0.29, 0.717) is 12.8 Å². The third kappa shape index (κ3) is 33.2. The maximum Gasteiger partial charge on any atom is 0.220 e. The minimum Gasteiger partial charge on any atom is -0.394 e. The SMILES string of the molecule is CCCCCCCCCCCCC/C=C/CC/C=C/CC/C=C/C(O)C(COC1OC(CO)C(OC2OC(CO)C(OC3OC(CO)C(O)C(O)C3O)C(O)C2O)C(O)C1O)NC(=O)CCCCCCCCCCCCCCCCCCCCCCCC. The predicted octanol–water partition coefficient (Wildman–Crippen LogP) is 9.22. The minimum absolute atomic E-state index is 0.236. The fraction of sp³-hybridized carbons (Fsp3) is 0.899. The molecule has 3 fully saturated rings. The van der Waals surface area contributed by atoms with Crippen LogP contribution >= 0.6 is 0 Å². The molecule has 3 heterocycles. The van der Waals surface area contributed by atoms with Gasteiger partial charge in [0.1, 0.15) is 73.2 Å². The largest absolute Gasteiger partial charge is 0.394 e. The molecule has 88 heavy (non-hydrogen) atoms. The van der Waals surface area contributed by atoms with Gasteiger partial charge in [-0.05, 0) is 44.9 Å². The molecule has 19 heteroatoms. The van der Waals surface area contributed by atoms with Crippen LogP contribution in [0.4, 0.5) is 0 Å². The van der Waals surface area contributed by atoms with E-state index >= 15 is 0 Å². The quantitative estimate of drug-likeness (QED) is 0.0199. The summed E-state index contributed by atoms with van der Waals surface area (Å²) in [5.41, 5.74) is 0. The monoisotopic (exact) mass is 1260 g/mol. The molecule has 516 valence electrons. The van der Waals surface area contributed by atoms with E-state index in [2.05, 4.69) is 43.5 Å².